The molecule has 0 bridgehead atoms. The Morgan fingerprint density at radius 2 is 2.26 bits per heavy atom. The number of aromatic hydroxyl groups is 1. The maximum atomic E-state index is 13.7. The zero-order valence-electron chi connectivity index (χ0n) is 13.0. The summed E-state index contributed by atoms with van der Waals surface area (Å²) >= 11 is 0. The van der Waals surface area contributed by atoms with E-state index in [-0.39, 0.29) is 11.3 Å². The molecule has 1 aromatic carbocycles. The van der Waals surface area contributed by atoms with Crippen molar-refractivity contribution in [1.82, 2.24) is 14.9 Å². The molecule has 2 aromatic rings. The molecule has 6 nitrogen and oxygen atoms in total. The average molecular weight is 319 g/mol. The molecule has 7 heteroatoms. The SMILES string of the molecule is COc1cc(CN2CCc3nc(C)[nH]c(=O)c3C2)cc(F)c1O. The Morgan fingerprint density at radius 3 is 3.00 bits per heavy atom. The molecule has 2 N–H and O–H groups in total. The summed E-state index contributed by atoms with van der Waals surface area (Å²) in [5.41, 5.74) is 2.05. The number of nitrogens with zero attached hydrogens (tertiary/aromatic N) is 2. The van der Waals surface area contributed by atoms with Crippen molar-refractivity contribution in [3.8, 4) is 11.5 Å². The average Bonchev–Trinajstić information content (AvgIpc) is 2.51. The highest BCUT2D eigenvalue weighted by molar-refractivity contribution is 5.43. The van der Waals surface area contributed by atoms with E-state index in [1.54, 1.807) is 13.0 Å². The molecule has 23 heavy (non-hydrogen) atoms. The molecule has 1 aliphatic heterocycles. The van der Waals surface area contributed by atoms with Gasteiger partial charge in [-0.05, 0) is 24.6 Å². The summed E-state index contributed by atoms with van der Waals surface area (Å²) < 4.78 is 18.7. The highest BCUT2D eigenvalue weighted by Crippen LogP contribution is 2.31. The largest absolute Gasteiger partial charge is 0.502 e. The minimum atomic E-state index is -0.716. The molecule has 1 aromatic heterocycles. The van der Waals surface area contributed by atoms with E-state index >= 15 is 0 Å². The lowest BCUT2D eigenvalue weighted by Crippen LogP contribution is -2.35. The van der Waals surface area contributed by atoms with Gasteiger partial charge in [-0.15, -0.1) is 0 Å². The lowest BCUT2D eigenvalue weighted by Gasteiger charge is -2.27. The van der Waals surface area contributed by atoms with Gasteiger partial charge in [0.1, 0.15) is 5.82 Å². The summed E-state index contributed by atoms with van der Waals surface area (Å²) in [7, 11) is 1.38. The summed E-state index contributed by atoms with van der Waals surface area (Å²) in [6, 6.07) is 2.89. The zero-order valence-corrected chi connectivity index (χ0v) is 13.0. The Balaban J connectivity index is 1.83. The van der Waals surface area contributed by atoms with Crippen molar-refractivity contribution >= 4 is 0 Å². The first-order chi connectivity index (χ1) is 11.0. The van der Waals surface area contributed by atoms with E-state index in [1.807, 2.05) is 4.90 Å². The second-order valence-corrected chi connectivity index (χ2v) is 5.67. The van der Waals surface area contributed by atoms with E-state index in [1.165, 1.54) is 13.2 Å². The normalized spacial score (nSPS) is 14.6. The number of phenols is 1. The van der Waals surface area contributed by atoms with Crippen LogP contribution in [0.3, 0.4) is 0 Å². The Labute approximate surface area is 132 Å². The molecular weight excluding hydrogens is 301 g/mol. The molecule has 0 unspecified atom stereocenters. The lowest BCUT2D eigenvalue weighted by molar-refractivity contribution is 0.240. The summed E-state index contributed by atoms with van der Waals surface area (Å²) in [5.74, 6) is -0.483. The Bertz CT molecular complexity index is 804. The van der Waals surface area contributed by atoms with Crippen LogP contribution in [0, 0.1) is 12.7 Å². The van der Waals surface area contributed by atoms with E-state index in [0.717, 1.165) is 12.2 Å². The number of aromatic nitrogens is 2. The Morgan fingerprint density at radius 1 is 1.48 bits per heavy atom. The predicted octanol–water partition coefficient (Wildman–Crippen LogP) is 1.49. The van der Waals surface area contributed by atoms with Crippen LogP contribution in [0.4, 0.5) is 4.39 Å². The van der Waals surface area contributed by atoms with Gasteiger partial charge in [-0.25, -0.2) is 9.37 Å². The third kappa shape index (κ3) is 3.05. The Kier molecular flexibility index (Phi) is 4.04. The molecule has 0 fully saturated rings. The number of phenolic OH excluding ortho intramolecular Hbond substituents is 1. The lowest BCUT2D eigenvalue weighted by atomic mass is 10.1. The molecule has 0 saturated carbocycles. The minimum Gasteiger partial charge on any atom is -0.502 e. The topological polar surface area (TPSA) is 78.5 Å². The number of aryl methyl sites for hydroxylation is 1. The van der Waals surface area contributed by atoms with Gasteiger partial charge in [0, 0.05) is 26.1 Å². The van der Waals surface area contributed by atoms with Crippen molar-refractivity contribution in [2.24, 2.45) is 0 Å². The van der Waals surface area contributed by atoms with Crippen LogP contribution in [0.5, 0.6) is 11.5 Å². The number of halogens is 1. The van der Waals surface area contributed by atoms with Crippen molar-refractivity contribution in [2.75, 3.05) is 13.7 Å². The van der Waals surface area contributed by atoms with E-state index < -0.39 is 11.6 Å². The second-order valence-electron chi connectivity index (χ2n) is 5.67. The number of rotatable bonds is 3. The number of fused-ring (bicyclic) bond motifs is 1. The van der Waals surface area contributed by atoms with Gasteiger partial charge in [-0.2, -0.15) is 0 Å². The van der Waals surface area contributed by atoms with E-state index in [4.69, 9.17) is 4.74 Å². The quantitative estimate of drug-likeness (QED) is 0.896. The molecule has 0 saturated heterocycles. The molecule has 0 spiro atoms. The zero-order chi connectivity index (χ0) is 16.6. The van der Waals surface area contributed by atoms with E-state index in [9.17, 15) is 14.3 Å². The molecule has 0 radical (unpaired) electrons. The number of ether oxygens (including phenoxy) is 1. The summed E-state index contributed by atoms with van der Waals surface area (Å²) in [4.78, 5) is 21.2. The van der Waals surface area contributed by atoms with Crippen LogP contribution in [-0.4, -0.2) is 33.6 Å². The van der Waals surface area contributed by atoms with Crippen LogP contribution >= 0.6 is 0 Å². The second kappa shape index (κ2) is 6.00. The molecule has 122 valence electrons. The molecule has 3 rings (SSSR count). The van der Waals surface area contributed by atoms with Crippen molar-refractivity contribution in [1.29, 1.82) is 0 Å². The number of benzene rings is 1. The standard InChI is InChI=1S/C16H18FN3O3/c1-9-18-13-3-4-20(8-11(13)16(22)19-9)7-10-5-12(17)15(21)14(6-10)23-2/h5-6,21H,3-4,7-8H2,1-2H3,(H,18,19,22). The first-order valence-electron chi connectivity index (χ1n) is 7.34. The van der Waals surface area contributed by atoms with Gasteiger partial charge < -0.3 is 14.8 Å². The predicted molar refractivity (Wildman–Crippen MR) is 82.0 cm³/mol. The van der Waals surface area contributed by atoms with Crippen LogP contribution in [-0.2, 0) is 19.5 Å². The molecule has 0 aliphatic carbocycles. The number of methoxy groups -OCH3 is 1. The van der Waals surface area contributed by atoms with Gasteiger partial charge >= 0.3 is 0 Å². The fourth-order valence-electron chi connectivity index (χ4n) is 2.87. The third-order valence-corrected chi connectivity index (χ3v) is 3.98. The molecule has 0 atom stereocenters. The summed E-state index contributed by atoms with van der Waals surface area (Å²) in [6.07, 6.45) is 0.678. The van der Waals surface area contributed by atoms with Crippen molar-refractivity contribution < 1.29 is 14.2 Å². The van der Waals surface area contributed by atoms with Crippen LogP contribution in [0.25, 0.3) is 0 Å². The number of H-pyrrole nitrogens is 1. The van der Waals surface area contributed by atoms with Gasteiger partial charge in [-0.1, -0.05) is 0 Å². The number of aromatic amines is 1. The molecule has 1 aliphatic rings. The fourth-order valence-corrected chi connectivity index (χ4v) is 2.87. The molecular formula is C16H18FN3O3. The van der Waals surface area contributed by atoms with E-state index in [0.29, 0.717) is 36.5 Å². The maximum absolute atomic E-state index is 13.7. The first kappa shape index (κ1) is 15.5. The van der Waals surface area contributed by atoms with Crippen molar-refractivity contribution in [3.63, 3.8) is 0 Å². The highest BCUT2D eigenvalue weighted by Gasteiger charge is 2.21. The van der Waals surface area contributed by atoms with Crippen LogP contribution < -0.4 is 10.3 Å². The van der Waals surface area contributed by atoms with Gasteiger partial charge in [0.15, 0.2) is 17.3 Å². The van der Waals surface area contributed by atoms with Gasteiger partial charge in [0.25, 0.3) is 5.56 Å². The smallest absolute Gasteiger partial charge is 0.255 e. The monoisotopic (exact) mass is 319 g/mol. The van der Waals surface area contributed by atoms with E-state index in [2.05, 4.69) is 9.97 Å². The number of nitrogens with one attached hydrogen (secondary N) is 1. The van der Waals surface area contributed by atoms with Crippen molar-refractivity contribution in [3.05, 3.63) is 50.9 Å². The summed E-state index contributed by atoms with van der Waals surface area (Å²) in [6.45, 7) is 3.41. The fraction of sp³-hybridized carbons (Fsp3) is 0.375. The van der Waals surface area contributed by atoms with Gasteiger partial charge in [-0.3, -0.25) is 9.69 Å². The van der Waals surface area contributed by atoms with Crippen LogP contribution in [0.15, 0.2) is 16.9 Å². The molecule has 0 amide bonds. The Hall–Kier alpha value is -2.41. The first-order valence-corrected chi connectivity index (χ1v) is 7.34. The third-order valence-electron chi connectivity index (χ3n) is 3.98. The number of hydrogen-bond acceptors (Lipinski definition) is 5. The maximum Gasteiger partial charge on any atom is 0.255 e. The van der Waals surface area contributed by atoms with Gasteiger partial charge in [0.2, 0.25) is 0 Å². The van der Waals surface area contributed by atoms with Gasteiger partial charge in [0.05, 0.1) is 18.4 Å². The van der Waals surface area contributed by atoms with Crippen molar-refractivity contribution in [2.45, 2.75) is 26.4 Å². The highest BCUT2D eigenvalue weighted by atomic mass is 19.1. The number of hydrogen-bond donors (Lipinski definition) is 2. The minimum absolute atomic E-state index is 0.104. The van der Waals surface area contributed by atoms with Crippen LogP contribution in [0.1, 0.15) is 22.6 Å². The van der Waals surface area contributed by atoms with Crippen LogP contribution in [0.2, 0.25) is 0 Å². The molecule has 2 heterocycles. The summed E-state index contributed by atoms with van der Waals surface area (Å²) in [5, 5.41) is 9.55.